The van der Waals surface area contributed by atoms with E-state index in [0.717, 1.165) is 5.56 Å². The lowest BCUT2D eigenvalue weighted by atomic mass is 10.1. The summed E-state index contributed by atoms with van der Waals surface area (Å²) in [6, 6.07) is 12.5. The first kappa shape index (κ1) is 15.1. The molecule has 0 saturated heterocycles. The van der Waals surface area contributed by atoms with E-state index in [0.29, 0.717) is 10.6 Å². The third kappa shape index (κ3) is 3.41. The van der Waals surface area contributed by atoms with Gasteiger partial charge in [-0.05, 0) is 24.1 Å². The predicted molar refractivity (Wildman–Crippen MR) is 80.5 cm³/mol. The molecule has 5 heteroatoms. The van der Waals surface area contributed by atoms with Gasteiger partial charge in [0.05, 0.1) is 10.6 Å². The van der Waals surface area contributed by atoms with Gasteiger partial charge in [-0.2, -0.15) is 0 Å². The summed E-state index contributed by atoms with van der Waals surface area (Å²) in [6.07, 6.45) is 0. The van der Waals surface area contributed by atoms with Crippen LogP contribution in [0.2, 0.25) is 5.02 Å². The van der Waals surface area contributed by atoms with Crippen LogP contribution in [0.15, 0.2) is 48.5 Å². The Hall–Kier alpha value is -2.33. The fourth-order valence-corrected chi connectivity index (χ4v) is 2.18. The molecular formula is C16H14ClNO3. The number of rotatable bonds is 4. The van der Waals surface area contributed by atoms with Crippen LogP contribution in [0.1, 0.15) is 27.5 Å². The van der Waals surface area contributed by atoms with Gasteiger partial charge in [0, 0.05) is 0 Å². The SMILES string of the molecule is Cc1cccc(C(=O)NC(C(=O)O)c2ccccc2)c1Cl. The first-order valence-corrected chi connectivity index (χ1v) is 6.72. The molecule has 0 fully saturated rings. The van der Waals surface area contributed by atoms with E-state index < -0.39 is 17.9 Å². The third-order valence-corrected chi connectivity index (χ3v) is 3.59. The Morgan fingerprint density at radius 2 is 1.76 bits per heavy atom. The number of aryl methyl sites for hydroxylation is 1. The molecule has 2 N–H and O–H groups in total. The largest absolute Gasteiger partial charge is 0.479 e. The monoisotopic (exact) mass is 303 g/mol. The van der Waals surface area contributed by atoms with Crippen molar-refractivity contribution in [2.45, 2.75) is 13.0 Å². The number of nitrogens with one attached hydrogen (secondary N) is 1. The van der Waals surface area contributed by atoms with Crippen molar-refractivity contribution < 1.29 is 14.7 Å². The lowest BCUT2D eigenvalue weighted by Gasteiger charge is -2.15. The zero-order valence-electron chi connectivity index (χ0n) is 11.3. The highest BCUT2D eigenvalue weighted by Crippen LogP contribution is 2.21. The van der Waals surface area contributed by atoms with E-state index in [1.807, 2.05) is 0 Å². The minimum Gasteiger partial charge on any atom is -0.479 e. The molecule has 1 atom stereocenters. The minimum atomic E-state index is -1.13. The van der Waals surface area contributed by atoms with Crippen molar-refractivity contribution in [1.82, 2.24) is 5.32 Å². The number of halogens is 1. The molecule has 0 aliphatic heterocycles. The molecule has 0 aliphatic rings. The number of amides is 1. The highest BCUT2D eigenvalue weighted by Gasteiger charge is 2.23. The molecule has 4 nitrogen and oxygen atoms in total. The van der Waals surface area contributed by atoms with E-state index in [1.165, 1.54) is 0 Å². The van der Waals surface area contributed by atoms with Gasteiger partial charge < -0.3 is 10.4 Å². The third-order valence-electron chi connectivity index (χ3n) is 3.09. The number of carboxylic acid groups (broad SMARTS) is 1. The molecule has 0 radical (unpaired) electrons. The standard InChI is InChI=1S/C16H14ClNO3/c1-10-6-5-9-12(13(10)17)15(19)18-14(16(20)21)11-7-3-2-4-8-11/h2-9,14H,1H3,(H,18,19)(H,20,21). The Morgan fingerprint density at radius 3 is 2.38 bits per heavy atom. The number of hydrogen-bond donors (Lipinski definition) is 2. The Bertz CT molecular complexity index is 670. The molecule has 2 aromatic carbocycles. The molecule has 0 aliphatic carbocycles. The quantitative estimate of drug-likeness (QED) is 0.911. The van der Waals surface area contributed by atoms with Crippen molar-refractivity contribution in [3.8, 4) is 0 Å². The van der Waals surface area contributed by atoms with Crippen molar-refractivity contribution in [2.24, 2.45) is 0 Å². The van der Waals surface area contributed by atoms with Gasteiger partial charge in [-0.25, -0.2) is 4.79 Å². The summed E-state index contributed by atoms with van der Waals surface area (Å²) in [5.74, 6) is -1.64. The zero-order valence-corrected chi connectivity index (χ0v) is 12.1. The molecule has 0 bridgehead atoms. The number of carbonyl (C=O) groups excluding carboxylic acids is 1. The summed E-state index contributed by atoms with van der Waals surface area (Å²) in [5.41, 5.74) is 1.52. The lowest BCUT2D eigenvalue weighted by molar-refractivity contribution is -0.139. The van der Waals surface area contributed by atoms with Gasteiger partial charge in [-0.15, -0.1) is 0 Å². The molecular weight excluding hydrogens is 290 g/mol. The average Bonchev–Trinajstić information content (AvgIpc) is 2.48. The van der Waals surface area contributed by atoms with Crippen LogP contribution >= 0.6 is 11.6 Å². The summed E-state index contributed by atoms with van der Waals surface area (Å²) >= 11 is 6.09. The van der Waals surface area contributed by atoms with Crippen LogP contribution in [0, 0.1) is 6.92 Å². The van der Waals surface area contributed by atoms with Crippen LogP contribution in [0.5, 0.6) is 0 Å². The molecule has 2 rings (SSSR count). The fraction of sp³-hybridized carbons (Fsp3) is 0.125. The maximum absolute atomic E-state index is 12.2. The number of carbonyl (C=O) groups is 2. The average molecular weight is 304 g/mol. The van der Waals surface area contributed by atoms with Gasteiger partial charge in [0.2, 0.25) is 0 Å². The number of benzene rings is 2. The van der Waals surface area contributed by atoms with Crippen molar-refractivity contribution in [3.63, 3.8) is 0 Å². The maximum Gasteiger partial charge on any atom is 0.330 e. The smallest absolute Gasteiger partial charge is 0.330 e. The van der Waals surface area contributed by atoms with Crippen molar-refractivity contribution in [1.29, 1.82) is 0 Å². The predicted octanol–water partition coefficient (Wildman–Crippen LogP) is 3.20. The number of hydrogen-bond acceptors (Lipinski definition) is 2. The van der Waals surface area contributed by atoms with Gasteiger partial charge in [-0.1, -0.05) is 54.1 Å². The molecule has 21 heavy (non-hydrogen) atoms. The minimum absolute atomic E-state index is 0.263. The summed E-state index contributed by atoms with van der Waals surface area (Å²) < 4.78 is 0. The van der Waals surface area contributed by atoms with E-state index in [2.05, 4.69) is 5.32 Å². The van der Waals surface area contributed by atoms with Crippen LogP contribution in [0.4, 0.5) is 0 Å². The molecule has 2 aromatic rings. The van der Waals surface area contributed by atoms with Crippen LogP contribution < -0.4 is 5.32 Å². The van der Waals surface area contributed by atoms with Gasteiger partial charge >= 0.3 is 5.97 Å². The van der Waals surface area contributed by atoms with E-state index in [4.69, 9.17) is 11.6 Å². The molecule has 1 amide bonds. The Kier molecular flexibility index (Phi) is 4.60. The van der Waals surface area contributed by atoms with Gasteiger partial charge in [0.25, 0.3) is 5.91 Å². The molecule has 0 saturated carbocycles. The Balaban J connectivity index is 2.28. The summed E-state index contributed by atoms with van der Waals surface area (Å²) in [6.45, 7) is 1.78. The van der Waals surface area contributed by atoms with Gasteiger partial charge in [-0.3, -0.25) is 4.79 Å². The Morgan fingerprint density at radius 1 is 1.10 bits per heavy atom. The van der Waals surface area contributed by atoms with Crippen LogP contribution in [-0.2, 0) is 4.79 Å². The highest BCUT2D eigenvalue weighted by molar-refractivity contribution is 6.34. The lowest BCUT2D eigenvalue weighted by Crippen LogP contribution is -2.33. The zero-order chi connectivity index (χ0) is 15.4. The first-order valence-electron chi connectivity index (χ1n) is 6.34. The van der Waals surface area contributed by atoms with Crippen LogP contribution in [0.25, 0.3) is 0 Å². The number of aliphatic carboxylic acids is 1. The van der Waals surface area contributed by atoms with Crippen molar-refractivity contribution in [2.75, 3.05) is 0 Å². The van der Waals surface area contributed by atoms with Crippen LogP contribution in [0.3, 0.4) is 0 Å². The van der Waals surface area contributed by atoms with E-state index in [-0.39, 0.29) is 5.56 Å². The summed E-state index contributed by atoms with van der Waals surface area (Å²) in [7, 11) is 0. The normalized spacial score (nSPS) is 11.7. The van der Waals surface area contributed by atoms with E-state index in [1.54, 1.807) is 55.5 Å². The van der Waals surface area contributed by atoms with Crippen molar-refractivity contribution >= 4 is 23.5 Å². The second-order valence-electron chi connectivity index (χ2n) is 4.59. The molecule has 0 heterocycles. The molecule has 1 unspecified atom stereocenters. The Labute approximate surface area is 127 Å². The maximum atomic E-state index is 12.2. The molecule has 108 valence electrons. The van der Waals surface area contributed by atoms with Gasteiger partial charge in [0.15, 0.2) is 6.04 Å². The summed E-state index contributed by atoms with van der Waals surface area (Å²) in [4.78, 5) is 23.6. The highest BCUT2D eigenvalue weighted by atomic mass is 35.5. The topological polar surface area (TPSA) is 66.4 Å². The first-order chi connectivity index (χ1) is 10.0. The second-order valence-corrected chi connectivity index (χ2v) is 4.97. The fourth-order valence-electron chi connectivity index (χ4n) is 1.96. The van der Waals surface area contributed by atoms with Crippen molar-refractivity contribution in [3.05, 3.63) is 70.2 Å². The van der Waals surface area contributed by atoms with E-state index in [9.17, 15) is 14.7 Å². The van der Waals surface area contributed by atoms with E-state index >= 15 is 0 Å². The molecule has 0 spiro atoms. The summed E-state index contributed by atoms with van der Waals surface area (Å²) in [5, 5.41) is 12.1. The molecule has 0 aromatic heterocycles. The second kappa shape index (κ2) is 6.41. The van der Waals surface area contributed by atoms with Gasteiger partial charge in [0.1, 0.15) is 0 Å². The van der Waals surface area contributed by atoms with Crippen LogP contribution in [-0.4, -0.2) is 17.0 Å². The number of carboxylic acids is 1.